The zero-order chi connectivity index (χ0) is 19.1. The maximum absolute atomic E-state index is 12.4. The third-order valence-corrected chi connectivity index (χ3v) is 4.56. The van der Waals surface area contributed by atoms with E-state index in [4.69, 9.17) is 8.94 Å². The zero-order valence-electron chi connectivity index (χ0n) is 14.6. The Morgan fingerprint density at radius 2 is 2.00 bits per heavy atom. The molecule has 140 valence electrons. The lowest BCUT2D eigenvalue weighted by Gasteiger charge is -2.09. The van der Waals surface area contributed by atoms with Crippen LogP contribution in [-0.4, -0.2) is 28.5 Å². The molecule has 9 heteroatoms. The van der Waals surface area contributed by atoms with Gasteiger partial charge in [0.25, 0.3) is 5.91 Å². The van der Waals surface area contributed by atoms with Crippen LogP contribution in [0.5, 0.6) is 0 Å². The van der Waals surface area contributed by atoms with Gasteiger partial charge >= 0.3 is 0 Å². The number of thioether (sulfide) groups is 1. The number of benzene rings is 1. The van der Waals surface area contributed by atoms with E-state index in [-0.39, 0.29) is 24.9 Å². The van der Waals surface area contributed by atoms with E-state index in [1.54, 1.807) is 31.2 Å². The summed E-state index contributed by atoms with van der Waals surface area (Å²) in [5.41, 5.74) is 0.484. The Bertz CT molecular complexity index is 908. The Balaban J connectivity index is 1.52. The lowest BCUT2D eigenvalue weighted by atomic mass is 10.2. The maximum Gasteiger partial charge on any atom is 0.252 e. The minimum absolute atomic E-state index is 0.124. The van der Waals surface area contributed by atoms with Gasteiger partial charge in [-0.3, -0.25) is 9.59 Å². The third kappa shape index (κ3) is 5.45. The smallest absolute Gasteiger partial charge is 0.252 e. The van der Waals surface area contributed by atoms with Crippen molar-refractivity contribution in [1.82, 2.24) is 20.8 Å². The van der Waals surface area contributed by atoms with Crippen molar-refractivity contribution in [1.29, 1.82) is 0 Å². The molecule has 8 nitrogen and oxygen atoms in total. The molecule has 2 N–H and O–H groups in total. The normalized spacial score (nSPS) is 10.6. The molecule has 0 aliphatic heterocycles. The SMILES string of the molecule is Cc1noc(CSc2ccccc2C(=O)NCC(=O)NCc2ccco2)n1. The zero-order valence-corrected chi connectivity index (χ0v) is 15.4. The van der Waals surface area contributed by atoms with E-state index in [1.165, 1.54) is 18.0 Å². The van der Waals surface area contributed by atoms with Crippen molar-refractivity contribution in [2.45, 2.75) is 24.1 Å². The number of aryl methyl sites for hydroxylation is 1. The third-order valence-electron chi connectivity index (χ3n) is 3.50. The van der Waals surface area contributed by atoms with Crippen LogP contribution in [0.3, 0.4) is 0 Å². The fourth-order valence-electron chi connectivity index (χ4n) is 2.24. The van der Waals surface area contributed by atoms with Gasteiger partial charge in [-0.1, -0.05) is 17.3 Å². The molecule has 0 aliphatic carbocycles. The topological polar surface area (TPSA) is 110 Å². The fraction of sp³-hybridized carbons (Fsp3) is 0.222. The van der Waals surface area contributed by atoms with Gasteiger partial charge in [-0.2, -0.15) is 4.98 Å². The van der Waals surface area contributed by atoms with Crippen LogP contribution in [0.2, 0.25) is 0 Å². The van der Waals surface area contributed by atoms with Crippen LogP contribution in [0.25, 0.3) is 0 Å². The summed E-state index contributed by atoms with van der Waals surface area (Å²) < 4.78 is 10.2. The first-order valence-corrected chi connectivity index (χ1v) is 9.18. The van der Waals surface area contributed by atoms with Crippen molar-refractivity contribution < 1.29 is 18.5 Å². The summed E-state index contributed by atoms with van der Waals surface area (Å²) in [4.78, 5) is 29.2. The largest absolute Gasteiger partial charge is 0.467 e. The van der Waals surface area contributed by atoms with Crippen molar-refractivity contribution in [3.63, 3.8) is 0 Å². The second-order valence-corrected chi connectivity index (χ2v) is 6.58. The molecule has 3 aromatic rings. The predicted octanol–water partition coefficient (Wildman–Crippen LogP) is 2.31. The molecule has 27 heavy (non-hydrogen) atoms. The number of carbonyl (C=O) groups excluding carboxylic acids is 2. The number of carbonyl (C=O) groups is 2. The molecule has 0 saturated heterocycles. The van der Waals surface area contributed by atoms with Gasteiger partial charge in [0.2, 0.25) is 11.8 Å². The highest BCUT2D eigenvalue weighted by Gasteiger charge is 2.14. The minimum atomic E-state index is -0.326. The summed E-state index contributed by atoms with van der Waals surface area (Å²) in [5, 5.41) is 9.04. The molecule has 3 rings (SSSR count). The van der Waals surface area contributed by atoms with Crippen molar-refractivity contribution >= 4 is 23.6 Å². The number of furan rings is 1. The van der Waals surface area contributed by atoms with E-state index in [0.29, 0.717) is 28.8 Å². The van der Waals surface area contributed by atoms with Gasteiger partial charge in [0.1, 0.15) is 5.76 Å². The molecule has 1 aromatic carbocycles. The summed E-state index contributed by atoms with van der Waals surface area (Å²) in [6.45, 7) is 1.90. The summed E-state index contributed by atoms with van der Waals surface area (Å²) in [7, 11) is 0. The van der Waals surface area contributed by atoms with Gasteiger partial charge < -0.3 is 19.6 Å². The van der Waals surface area contributed by atoms with Crippen molar-refractivity contribution in [2.75, 3.05) is 6.54 Å². The summed E-state index contributed by atoms with van der Waals surface area (Å²) in [6, 6.07) is 10.7. The van der Waals surface area contributed by atoms with Crippen molar-refractivity contribution in [3.05, 3.63) is 65.7 Å². The number of hydrogen-bond donors (Lipinski definition) is 2. The molecular formula is C18H18N4O4S. The highest BCUT2D eigenvalue weighted by atomic mass is 32.2. The maximum atomic E-state index is 12.4. The van der Waals surface area contributed by atoms with E-state index in [9.17, 15) is 9.59 Å². The minimum Gasteiger partial charge on any atom is -0.467 e. The van der Waals surface area contributed by atoms with Gasteiger partial charge in [-0.15, -0.1) is 11.8 Å². The lowest BCUT2D eigenvalue weighted by Crippen LogP contribution is -2.36. The van der Waals surface area contributed by atoms with E-state index in [2.05, 4.69) is 20.8 Å². The Kier molecular flexibility index (Phi) is 6.26. The van der Waals surface area contributed by atoms with Crippen molar-refractivity contribution in [3.8, 4) is 0 Å². The van der Waals surface area contributed by atoms with Gasteiger partial charge in [-0.05, 0) is 31.2 Å². The lowest BCUT2D eigenvalue weighted by molar-refractivity contribution is -0.120. The summed E-state index contributed by atoms with van der Waals surface area (Å²) in [6.07, 6.45) is 1.54. The number of amides is 2. The number of aromatic nitrogens is 2. The molecule has 0 radical (unpaired) electrons. The molecule has 0 bridgehead atoms. The van der Waals surface area contributed by atoms with Crippen LogP contribution in [-0.2, 0) is 17.1 Å². The first-order chi connectivity index (χ1) is 13.1. The summed E-state index contributed by atoms with van der Waals surface area (Å²) >= 11 is 1.41. The fourth-order valence-corrected chi connectivity index (χ4v) is 3.12. The Morgan fingerprint density at radius 1 is 1.15 bits per heavy atom. The molecule has 2 amide bonds. The number of nitrogens with zero attached hydrogens (tertiary/aromatic N) is 2. The standard InChI is InChI=1S/C18H18N4O4S/c1-12-21-17(26-22-12)11-27-15-7-3-2-6-14(15)18(24)20-10-16(23)19-9-13-5-4-8-25-13/h2-8H,9-11H2,1H3,(H,19,23)(H,20,24). The summed E-state index contributed by atoms with van der Waals surface area (Å²) in [5.74, 6) is 1.53. The Hall–Kier alpha value is -3.07. The monoisotopic (exact) mass is 386 g/mol. The highest BCUT2D eigenvalue weighted by molar-refractivity contribution is 7.98. The number of rotatable bonds is 8. The molecular weight excluding hydrogens is 368 g/mol. The average molecular weight is 386 g/mol. The molecule has 0 unspecified atom stereocenters. The Morgan fingerprint density at radius 3 is 2.74 bits per heavy atom. The van der Waals surface area contributed by atoms with E-state index in [0.717, 1.165) is 4.90 Å². The molecule has 0 atom stereocenters. The first-order valence-electron chi connectivity index (χ1n) is 8.20. The van der Waals surface area contributed by atoms with Crippen molar-refractivity contribution in [2.24, 2.45) is 0 Å². The second-order valence-electron chi connectivity index (χ2n) is 5.56. The van der Waals surface area contributed by atoms with Crippen LogP contribution in [0.1, 0.15) is 27.8 Å². The predicted molar refractivity (Wildman–Crippen MR) is 97.9 cm³/mol. The molecule has 0 spiro atoms. The van der Waals surface area contributed by atoms with Gasteiger partial charge in [0, 0.05) is 4.90 Å². The van der Waals surface area contributed by atoms with E-state index >= 15 is 0 Å². The van der Waals surface area contributed by atoms with Gasteiger partial charge in [0.05, 0.1) is 30.7 Å². The molecule has 2 aromatic heterocycles. The highest BCUT2D eigenvalue weighted by Crippen LogP contribution is 2.25. The first kappa shape index (κ1) is 18.7. The van der Waals surface area contributed by atoms with Crippen LogP contribution in [0.4, 0.5) is 0 Å². The Labute approximate surface area is 159 Å². The molecule has 0 aliphatic rings. The molecule has 2 heterocycles. The van der Waals surface area contributed by atoms with Gasteiger partial charge in [-0.25, -0.2) is 0 Å². The quantitative estimate of drug-likeness (QED) is 0.572. The second kappa shape index (κ2) is 9.04. The van der Waals surface area contributed by atoms with Crippen LogP contribution in [0, 0.1) is 6.92 Å². The van der Waals surface area contributed by atoms with Crippen LogP contribution in [0.15, 0.2) is 56.5 Å². The molecule has 0 fully saturated rings. The van der Waals surface area contributed by atoms with Crippen LogP contribution < -0.4 is 10.6 Å². The van der Waals surface area contributed by atoms with Crippen LogP contribution >= 0.6 is 11.8 Å². The number of hydrogen-bond acceptors (Lipinski definition) is 7. The van der Waals surface area contributed by atoms with E-state index in [1.807, 2.05) is 12.1 Å². The average Bonchev–Trinajstić information content (AvgIpc) is 3.34. The van der Waals surface area contributed by atoms with E-state index < -0.39 is 0 Å². The number of nitrogens with one attached hydrogen (secondary N) is 2. The van der Waals surface area contributed by atoms with Gasteiger partial charge in [0.15, 0.2) is 5.82 Å². The molecule has 0 saturated carbocycles.